The first-order valence-electron chi connectivity index (χ1n) is 5.37. The highest BCUT2D eigenvalue weighted by molar-refractivity contribution is 5.26. The summed E-state index contributed by atoms with van der Waals surface area (Å²) in [6, 6.07) is 1.59. The lowest BCUT2D eigenvalue weighted by Crippen LogP contribution is -2.11. The second kappa shape index (κ2) is 4.85. The molecule has 0 N–H and O–H groups in total. The average Bonchev–Trinajstić information content (AvgIpc) is 2.15. The number of aryl methyl sites for hydroxylation is 1. The fourth-order valence-electron chi connectivity index (χ4n) is 1.59. The van der Waals surface area contributed by atoms with Crippen LogP contribution >= 0.6 is 0 Å². The number of hydrogen-bond donors (Lipinski definition) is 0. The molecule has 0 aliphatic carbocycles. The molecule has 0 aliphatic heterocycles. The zero-order valence-electron chi connectivity index (χ0n) is 9.73. The molecule has 1 aromatic heterocycles. The summed E-state index contributed by atoms with van der Waals surface area (Å²) in [4.78, 5) is 3.51. The molecule has 0 fully saturated rings. The van der Waals surface area contributed by atoms with Gasteiger partial charge in [-0.25, -0.2) is 0 Å². The first kappa shape index (κ1) is 13.0. The van der Waals surface area contributed by atoms with E-state index in [1.54, 1.807) is 6.07 Å². The van der Waals surface area contributed by atoms with Gasteiger partial charge >= 0.3 is 6.18 Å². The summed E-state index contributed by atoms with van der Waals surface area (Å²) in [6.07, 6.45) is -1.22. The van der Waals surface area contributed by atoms with Crippen molar-refractivity contribution in [1.29, 1.82) is 0 Å². The molecule has 0 saturated heterocycles. The van der Waals surface area contributed by atoms with Gasteiger partial charge in [-0.05, 0) is 30.4 Å². The van der Waals surface area contributed by atoms with Crippen molar-refractivity contribution in [3.63, 3.8) is 0 Å². The van der Waals surface area contributed by atoms with Crippen molar-refractivity contribution in [3.05, 3.63) is 29.1 Å². The van der Waals surface area contributed by atoms with Crippen LogP contribution in [0.4, 0.5) is 13.2 Å². The summed E-state index contributed by atoms with van der Waals surface area (Å²) in [5, 5.41) is 0. The standard InChI is InChI=1S/C12H16F3N/c1-4-8(2)5-10-6-9(3)11(16-7-10)12(13,14)15/h6-8H,4-5H2,1-3H3. The van der Waals surface area contributed by atoms with E-state index in [1.165, 1.54) is 13.1 Å². The molecule has 1 heterocycles. The van der Waals surface area contributed by atoms with Crippen LogP contribution in [0.1, 0.15) is 37.1 Å². The summed E-state index contributed by atoms with van der Waals surface area (Å²) in [5.41, 5.74) is 0.300. The molecule has 0 amide bonds. The molecule has 0 saturated carbocycles. The van der Waals surface area contributed by atoms with Crippen molar-refractivity contribution in [2.45, 2.75) is 39.8 Å². The maximum atomic E-state index is 12.4. The molecule has 1 unspecified atom stereocenters. The van der Waals surface area contributed by atoms with Crippen molar-refractivity contribution < 1.29 is 13.2 Å². The monoisotopic (exact) mass is 231 g/mol. The minimum atomic E-state index is -4.35. The Bertz CT molecular complexity index is 358. The molecule has 0 radical (unpaired) electrons. The number of pyridine rings is 1. The Morgan fingerprint density at radius 2 is 2.00 bits per heavy atom. The lowest BCUT2D eigenvalue weighted by molar-refractivity contribution is -0.141. The quantitative estimate of drug-likeness (QED) is 0.766. The van der Waals surface area contributed by atoms with Crippen molar-refractivity contribution in [2.24, 2.45) is 5.92 Å². The third kappa shape index (κ3) is 3.22. The van der Waals surface area contributed by atoms with Gasteiger partial charge in [0.1, 0.15) is 5.69 Å². The summed E-state index contributed by atoms with van der Waals surface area (Å²) >= 11 is 0. The molecule has 0 bridgehead atoms. The Hall–Kier alpha value is -1.06. The van der Waals surface area contributed by atoms with Crippen molar-refractivity contribution in [1.82, 2.24) is 4.98 Å². The number of nitrogens with zero attached hydrogens (tertiary/aromatic N) is 1. The van der Waals surface area contributed by atoms with Crippen molar-refractivity contribution in [3.8, 4) is 0 Å². The fourth-order valence-corrected chi connectivity index (χ4v) is 1.59. The molecule has 0 aliphatic rings. The van der Waals surface area contributed by atoms with E-state index in [2.05, 4.69) is 18.8 Å². The van der Waals surface area contributed by atoms with Gasteiger partial charge in [0.15, 0.2) is 0 Å². The van der Waals surface area contributed by atoms with Crippen molar-refractivity contribution >= 4 is 0 Å². The van der Waals surface area contributed by atoms with Crippen LogP contribution in [0.25, 0.3) is 0 Å². The number of hydrogen-bond acceptors (Lipinski definition) is 1. The third-order valence-electron chi connectivity index (χ3n) is 2.68. The fraction of sp³-hybridized carbons (Fsp3) is 0.583. The number of alkyl halides is 3. The van der Waals surface area contributed by atoms with E-state index in [-0.39, 0.29) is 5.56 Å². The highest BCUT2D eigenvalue weighted by Crippen LogP contribution is 2.30. The lowest BCUT2D eigenvalue weighted by Gasteiger charge is -2.12. The van der Waals surface area contributed by atoms with Crippen LogP contribution in [0, 0.1) is 12.8 Å². The maximum Gasteiger partial charge on any atom is 0.433 e. The molecule has 1 atom stereocenters. The Morgan fingerprint density at radius 3 is 2.44 bits per heavy atom. The molecular weight excluding hydrogens is 215 g/mol. The van der Waals surface area contributed by atoms with E-state index in [0.29, 0.717) is 5.92 Å². The first-order valence-corrected chi connectivity index (χ1v) is 5.37. The average molecular weight is 231 g/mol. The molecular formula is C12H16F3N. The Labute approximate surface area is 93.7 Å². The van der Waals surface area contributed by atoms with Gasteiger partial charge in [0.2, 0.25) is 0 Å². The topological polar surface area (TPSA) is 12.9 Å². The summed E-state index contributed by atoms with van der Waals surface area (Å²) in [7, 11) is 0. The van der Waals surface area contributed by atoms with Gasteiger partial charge in [0, 0.05) is 6.20 Å². The van der Waals surface area contributed by atoms with Crippen LogP contribution in [-0.4, -0.2) is 4.98 Å². The van der Waals surface area contributed by atoms with Gasteiger partial charge in [-0.15, -0.1) is 0 Å². The van der Waals surface area contributed by atoms with Crippen LogP contribution in [0.15, 0.2) is 12.3 Å². The highest BCUT2D eigenvalue weighted by atomic mass is 19.4. The van der Waals surface area contributed by atoms with Crippen LogP contribution in [0.2, 0.25) is 0 Å². The second-order valence-electron chi connectivity index (χ2n) is 4.22. The van der Waals surface area contributed by atoms with E-state index < -0.39 is 11.9 Å². The van der Waals surface area contributed by atoms with E-state index in [9.17, 15) is 13.2 Å². The maximum absolute atomic E-state index is 12.4. The zero-order valence-corrected chi connectivity index (χ0v) is 9.73. The van der Waals surface area contributed by atoms with E-state index in [0.717, 1.165) is 18.4 Å². The van der Waals surface area contributed by atoms with Gasteiger partial charge in [0.05, 0.1) is 0 Å². The SMILES string of the molecule is CCC(C)Cc1cnc(C(F)(F)F)c(C)c1. The molecule has 4 heteroatoms. The smallest absolute Gasteiger partial charge is 0.251 e. The van der Waals surface area contributed by atoms with E-state index >= 15 is 0 Å². The predicted molar refractivity (Wildman–Crippen MR) is 57.1 cm³/mol. The molecule has 1 nitrogen and oxygen atoms in total. The van der Waals surface area contributed by atoms with Crippen LogP contribution in [0.5, 0.6) is 0 Å². The normalized spacial score (nSPS) is 13.9. The Balaban J connectivity index is 2.91. The van der Waals surface area contributed by atoms with E-state index in [1.807, 2.05) is 0 Å². The molecule has 0 aromatic carbocycles. The molecule has 16 heavy (non-hydrogen) atoms. The van der Waals surface area contributed by atoms with Crippen molar-refractivity contribution in [2.75, 3.05) is 0 Å². The van der Waals surface area contributed by atoms with Crippen LogP contribution in [0.3, 0.4) is 0 Å². The largest absolute Gasteiger partial charge is 0.433 e. The zero-order chi connectivity index (χ0) is 12.3. The molecule has 1 rings (SSSR count). The lowest BCUT2D eigenvalue weighted by atomic mass is 9.99. The summed E-state index contributed by atoms with van der Waals surface area (Å²) < 4.78 is 37.3. The Kier molecular flexibility index (Phi) is 3.94. The van der Waals surface area contributed by atoms with Gasteiger partial charge < -0.3 is 0 Å². The third-order valence-corrected chi connectivity index (χ3v) is 2.68. The van der Waals surface area contributed by atoms with Gasteiger partial charge in [-0.1, -0.05) is 26.3 Å². The highest BCUT2D eigenvalue weighted by Gasteiger charge is 2.34. The predicted octanol–water partition coefficient (Wildman–Crippen LogP) is 4.00. The molecule has 1 aromatic rings. The van der Waals surface area contributed by atoms with Crippen LogP contribution < -0.4 is 0 Å². The summed E-state index contributed by atoms with van der Waals surface area (Å²) in [5.74, 6) is 0.470. The molecule has 90 valence electrons. The first-order chi connectivity index (χ1) is 7.34. The van der Waals surface area contributed by atoms with Crippen LogP contribution in [-0.2, 0) is 12.6 Å². The Morgan fingerprint density at radius 1 is 1.38 bits per heavy atom. The van der Waals surface area contributed by atoms with Gasteiger partial charge in [-0.2, -0.15) is 13.2 Å². The minimum absolute atomic E-state index is 0.202. The van der Waals surface area contributed by atoms with Gasteiger partial charge in [0.25, 0.3) is 0 Å². The number of halogens is 3. The number of aromatic nitrogens is 1. The minimum Gasteiger partial charge on any atom is -0.251 e. The summed E-state index contributed by atoms with van der Waals surface area (Å²) in [6.45, 7) is 5.60. The van der Waals surface area contributed by atoms with E-state index in [4.69, 9.17) is 0 Å². The van der Waals surface area contributed by atoms with Gasteiger partial charge in [-0.3, -0.25) is 4.98 Å². The number of rotatable bonds is 3. The molecule has 0 spiro atoms. The second-order valence-corrected chi connectivity index (χ2v) is 4.22.